The second kappa shape index (κ2) is 17.7. The fraction of sp³-hybridized carbons (Fsp3) is 0.526. The number of anilines is 2. The second-order valence-electron chi connectivity index (χ2n) is 15.5. The Bertz CT molecular complexity index is 1990. The third-order valence-electron chi connectivity index (χ3n) is 11.4. The Morgan fingerprint density at radius 2 is 1.07 bits per heavy atom. The van der Waals surface area contributed by atoms with Crippen molar-refractivity contribution in [2.45, 2.75) is 78.4 Å². The monoisotopic (exact) mass is 828 g/mol. The van der Waals surface area contributed by atoms with Gasteiger partial charge in [-0.05, 0) is 67.2 Å². The quantitative estimate of drug-likeness (QED) is 0.244. The first-order chi connectivity index (χ1) is 26.3. The van der Waals surface area contributed by atoms with Gasteiger partial charge < -0.3 is 30.6 Å². The second-order valence-corrected chi connectivity index (χ2v) is 16.7. The maximum atomic E-state index is 11.4. The Morgan fingerprint density at radius 1 is 0.661 bits per heavy atom. The van der Waals surface area contributed by atoms with Crippen molar-refractivity contribution in [3.8, 4) is 11.1 Å². The van der Waals surface area contributed by atoms with Gasteiger partial charge in [-0.3, -0.25) is 28.9 Å². The number of aromatic nitrogens is 6. The summed E-state index contributed by atoms with van der Waals surface area (Å²) in [5, 5.41) is 10.2. The van der Waals surface area contributed by atoms with Crippen LogP contribution in [0.15, 0.2) is 37.2 Å². The van der Waals surface area contributed by atoms with Crippen LogP contribution in [-0.4, -0.2) is 85.8 Å². The fourth-order valence-electron chi connectivity index (χ4n) is 6.91. The van der Waals surface area contributed by atoms with Crippen molar-refractivity contribution < 1.29 is 18.9 Å². The Morgan fingerprint density at radius 3 is 1.48 bits per heavy atom. The fourth-order valence-corrected chi connectivity index (χ4v) is 7.79. The van der Waals surface area contributed by atoms with E-state index in [1.54, 1.807) is 18.6 Å². The Kier molecular flexibility index (Phi) is 13.7. The molecule has 0 aliphatic carbocycles. The zero-order valence-corrected chi connectivity index (χ0v) is 35.6. The highest BCUT2D eigenvalue weighted by atomic mass is 35.5. The van der Waals surface area contributed by atoms with E-state index in [-0.39, 0.29) is 42.0 Å². The summed E-state index contributed by atoms with van der Waals surface area (Å²) in [5.41, 5.74) is 17.0. The summed E-state index contributed by atoms with van der Waals surface area (Å²) in [7, 11) is 3.53. The number of amides is 2. The molecule has 2 amide bonds. The van der Waals surface area contributed by atoms with E-state index < -0.39 is 0 Å². The number of carbonyl (C=O) groups excluding carboxylic acids is 2. The van der Waals surface area contributed by atoms with E-state index in [9.17, 15) is 9.59 Å². The molecule has 0 saturated carbocycles. The largest absolute Gasteiger partial charge is 0.498 e. The molecule has 0 aromatic carbocycles. The number of carbonyl (C=O) groups is 2. The van der Waals surface area contributed by atoms with Crippen LogP contribution in [0.2, 0.25) is 15.1 Å². The van der Waals surface area contributed by atoms with Crippen molar-refractivity contribution in [2.24, 2.45) is 37.4 Å². The highest BCUT2D eigenvalue weighted by Gasteiger charge is 2.52. The van der Waals surface area contributed by atoms with Crippen molar-refractivity contribution in [1.29, 1.82) is 0 Å². The first kappa shape index (κ1) is 43.2. The van der Waals surface area contributed by atoms with Crippen LogP contribution in [0.25, 0.3) is 11.1 Å². The molecule has 56 heavy (non-hydrogen) atoms. The minimum absolute atomic E-state index is 0.0364. The van der Waals surface area contributed by atoms with Crippen molar-refractivity contribution >= 4 is 70.6 Å². The number of piperidine rings is 2. The summed E-state index contributed by atoms with van der Waals surface area (Å²) in [6.45, 7) is 15.2. The first-order valence-corrected chi connectivity index (χ1v) is 19.8. The summed E-state index contributed by atoms with van der Waals surface area (Å²) in [4.78, 5) is 34.9. The zero-order chi connectivity index (χ0) is 41.1. The molecule has 14 nitrogen and oxygen atoms in total. The number of hydrogen-bond acceptors (Lipinski definition) is 10. The van der Waals surface area contributed by atoms with Crippen molar-refractivity contribution in [3.05, 3.63) is 63.6 Å². The lowest BCUT2D eigenvalue weighted by molar-refractivity contribution is -0.123. The van der Waals surface area contributed by atoms with Gasteiger partial charge in [0.1, 0.15) is 0 Å². The van der Waals surface area contributed by atoms with Crippen LogP contribution < -0.4 is 26.7 Å². The van der Waals surface area contributed by atoms with Gasteiger partial charge in [-0.15, -0.1) is 0 Å². The van der Waals surface area contributed by atoms with Crippen molar-refractivity contribution in [1.82, 2.24) is 29.5 Å². The molecule has 0 bridgehead atoms. The molecule has 7 rings (SSSR count). The summed E-state index contributed by atoms with van der Waals surface area (Å²) >= 11 is 18.6. The Balaban J connectivity index is 0.000000164. The molecule has 18 heteroatoms. The van der Waals surface area contributed by atoms with Crippen LogP contribution in [0.5, 0.6) is 0 Å². The molecule has 7 heterocycles. The maximum absolute atomic E-state index is 11.4. The van der Waals surface area contributed by atoms with Crippen LogP contribution in [0, 0.1) is 25.7 Å². The third-order valence-corrected chi connectivity index (χ3v) is 12.3. The summed E-state index contributed by atoms with van der Waals surface area (Å²) in [6.07, 6.45) is 13.3. The molecule has 3 aliphatic heterocycles. The number of aryl methyl sites for hydroxylation is 2. The van der Waals surface area contributed by atoms with Crippen LogP contribution in [0.1, 0.15) is 64.8 Å². The number of halogens is 3. The maximum Gasteiger partial charge on any atom is 0.498 e. The third kappa shape index (κ3) is 9.45. The standard InChI is InChI=1S/C16H20ClN5O.C11H19BN2O2.C11H13Cl2N3O/c1-10-12(8-20-21(10)2)13-7-19-9-14(17)15(13)22-5-3-11(4-6-22)16(18)23;1-8-9(7-13-14(8)6)12-15-10(2,3)11(4,5)16-12;12-8-5-15-6-9(13)10(8)16-3-1-7(2-4-16)11(14)17/h7-9,11H,3-6H2,1-2H3,(H2,18,23);7H,1-6H3;5-7H,1-4H2,(H2,14,17). The highest BCUT2D eigenvalue weighted by Crippen LogP contribution is 2.40. The number of nitrogens with zero attached hydrogens (tertiary/aromatic N) is 8. The Labute approximate surface area is 344 Å². The molecule has 0 unspecified atom stereocenters. The van der Waals surface area contributed by atoms with E-state index in [0.29, 0.717) is 15.1 Å². The molecule has 3 aliphatic rings. The molecule has 4 aromatic heterocycles. The minimum Gasteiger partial charge on any atom is -0.399 e. The molecule has 302 valence electrons. The molecule has 3 fully saturated rings. The molecular weight excluding hydrogens is 778 g/mol. The Hall–Kier alpha value is -3.89. The normalized spacial score (nSPS) is 18.2. The number of nitrogens with two attached hydrogens (primary N) is 2. The predicted molar refractivity (Wildman–Crippen MR) is 222 cm³/mol. The van der Waals surface area contributed by atoms with Gasteiger partial charge in [-0.1, -0.05) is 34.8 Å². The SMILES string of the molecule is Cc1c(-c2cncc(Cl)c2N2CCC(C(N)=O)CC2)cnn1C.Cc1c(B2OC(C)(C)C(C)(C)O2)cnn1C.NC(=O)C1CCN(c2c(Cl)cncc2Cl)CC1. The average Bonchev–Trinajstić information content (AvgIpc) is 3.74. The molecule has 0 spiro atoms. The molecular formula is C38H52BCl3N10O4. The molecule has 4 N–H and O–H groups in total. The van der Waals surface area contributed by atoms with Crippen LogP contribution in [-0.2, 0) is 33.0 Å². The van der Waals surface area contributed by atoms with Crippen LogP contribution >= 0.6 is 34.8 Å². The first-order valence-electron chi connectivity index (χ1n) is 18.7. The summed E-state index contributed by atoms with van der Waals surface area (Å²) in [6, 6.07) is 0. The van der Waals surface area contributed by atoms with Gasteiger partial charge in [-0.2, -0.15) is 10.2 Å². The van der Waals surface area contributed by atoms with E-state index in [1.165, 1.54) is 0 Å². The lowest BCUT2D eigenvalue weighted by atomic mass is 9.79. The molecule has 0 radical (unpaired) electrons. The summed E-state index contributed by atoms with van der Waals surface area (Å²) in [5.74, 6) is -0.522. The molecule has 4 aromatic rings. The number of rotatable bonds is 6. The molecule has 3 saturated heterocycles. The lowest BCUT2D eigenvalue weighted by Gasteiger charge is -2.34. The van der Waals surface area contributed by atoms with Gasteiger partial charge in [0.25, 0.3) is 0 Å². The smallest absolute Gasteiger partial charge is 0.399 e. The van der Waals surface area contributed by atoms with E-state index in [0.717, 1.165) is 91.2 Å². The van der Waals surface area contributed by atoms with Gasteiger partial charge in [0, 0.05) is 111 Å². The topological polar surface area (TPSA) is 173 Å². The van der Waals surface area contributed by atoms with Gasteiger partial charge in [0.2, 0.25) is 11.8 Å². The minimum atomic E-state index is -0.307. The number of hydrogen-bond donors (Lipinski definition) is 2. The average molecular weight is 830 g/mol. The van der Waals surface area contributed by atoms with Crippen LogP contribution in [0.4, 0.5) is 11.4 Å². The highest BCUT2D eigenvalue weighted by molar-refractivity contribution is 6.62. The summed E-state index contributed by atoms with van der Waals surface area (Å²) < 4.78 is 15.6. The number of primary amides is 2. The van der Waals surface area contributed by atoms with E-state index in [2.05, 4.69) is 57.7 Å². The van der Waals surface area contributed by atoms with Gasteiger partial charge in [0.05, 0.1) is 43.8 Å². The van der Waals surface area contributed by atoms with Gasteiger partial charge >= 0.3 is 7.12 Å². The van der Waals surface area contributed by atoms with Crippen molar-refractivity contribution in [3.63, 3.8) is 0 Å². The lowest BCUT2D eigenvalue weighted by Crippen LogP contribution is -2.41. The van der Waals surface area contributed by atoms with E-state index in [4.69, 9.17) is 55.6 Å². The predicted octanol–water partition coefficient (Wildman–Crippen LogP) is 5.26. The van der Waals surface area contributed by atoms with Gasteiger partial charge in [-0.25, -0.2) is 0 Å². The van der Waals surface area contributed by atoms with Crippen molar-refractivity contribution in [2.75, 3.05) is 36.0 Å². The number of pyridine rings is 2. The van der Waals surface area contributed by atoms with E-state index >= 15 is 0 Å². The van der Waals surface area contributed by atoms with E-state index in [1.807, 2.05) is 55.9 Å². The zero-order valence-electron chi connectivity index (χ0n) is 33.4. The van der Waals surface area contributed by atoms with Gasteiger partial charge in [0.15, 0.2) is 0 Å². The molecule has 0 atom stereocenters. The van der Waals surface area contributed by atoms with Crippen LogP contribution in [0.3, 0.4) is 0 Å².